The largest absolute Gasteiger partial charge is 0.481 e. The van der Waals surface area contributed by atoms with Crippen molar-refractivity contribution >= 4 is 11.9 Å². The Balaban J connectivity index is 0.000000200. The molecule has 2 aliphatic rings. The van der Waals surface area contributed by atoms with Crippen LogP contribution in [0.4, 0.5) is 0 Å². The minimum absolute atomic E-state index is 0.286. The molecule has 0 bridgehead atoms. The second kappa shape index (κ2) is 7.81. The summed E-state index contributed by atoms with van der Waals surface area (Å²) in [5.41, 5.74) is 11.0. The Morgan fingerprint density at radius 2 is 1.20 bits per heavy atom. The Hall–Kier alpha value is -1.66. The summed E-state index contributed by atoms with van der Waals surface area (Å²) in [6, 6.07) is -0.572. The molecule has 0 spiro atoms. The number of carbonyl (C=O) groups is 2. The minimum Gasteiger partial charge on any atom is -0.481 e. The van der Waals surface area contributed by atoms with E-state index in [4.69, 9.17) is 21.7 Å². The fourth-order valence-electron chi connectivity index (χ4n) is 2.29. The fraction of sp³-hybridized carbons (Fsp3) is 0.571. The summed E-state index contributed by atoms with van der Waals surface area (Å²) in [6.45, 7) is 0. The van der Waals surface area contributed by atoms with Gasteiger partial charge in [0.05, 0.1) is 11.8 Å². The van der Waals surface area contributed by atoms with Crippen LogP contribution in [0, 0.1) is 11.8 Å². The van der Waals surface area contributed by atoms with E-state index in [9.17, 15) is 9.59 Å². The predicted octanol–water partition coefficient (Wildman–Crippen LogP) is 0.729. The molecular weight excluding hydrogens is 260 g/mol. The van der Waals surface area contributed by atoms with Crippen molar-refractivity contribution in [2.75, 3.05) is 0 Å². The quantitative estimate of drug-likeness (QED) is 0.553. The third-order valence-electron chi connectivity index (χ3n) is 3.57. The first kappa shape index (κ1) is 16.4. The lowest BCUT2D eigenvalue weighted by Crippen LogP contribution is -2.35. The summed E-state index contributed by atoms with van der Waals surface area (Å²) in [4.78, 5) is 20.9. The van der Waals surface area contributed by atoms with E-state index >= 15 is 0 Å². The molecule has 0 aromatic heterocycles. The molecule has 0 saturated heterocycles. The third-order valence-corrected chi connectivity index (χ3v) is 3.57. The molecule has 6 nitrogen and oxygen atoms in total. The van der Waals surface area contributed by atoms with Crippen LogP contribution in [0.25, 0.3) is 0 Å². The molecule has 0 aliphatic heterocycles. The number of carboxylic acids is 2. The van der Waals surface area contributed by atoms with Gasteiger partial charge in [-0.2, -0.15) is 0 Å². The van der Waals surface area contributed by atoms with Crippen LogP contribution in [0.15, 0.2) is 24.3 Å². The molecule has 6 heteroatoms. The van der Waals surface area contributed by atoms with Crippen molar-refractivity contribution in [3.05, 3.63) is 24.3 Å². The van der Waals surface area contributed by atoms with E-state index in [2.05, 4.69) is 0 Å². The SMILES string of the molecule is N[C@@H]1C=CCC[C@@H]1C(=O)O.N[C@H]1C=CCC[C@H]1C(=O)O. The number of carboxylic acid groups (broad SMARTS) is 2. The zero-order valence-corrected chi connectivity index (χ0v) is 11.3. The summed E-state index contributed by atoms with van der Waals surface area (Å²) >= 11 is 0. The molecule has 0 amide bonds. The number of aliphatic carboxylic acids is 2. The maximum absolute atomic E-state index is 10.5. The molecule has 0 radical (unpaired) electrons. The minimum atomic E-state index is -0.781. The van der Waals surface area contributed by atoms with Gasteiger partial charge in [-0.05, 0) is 25.7 Å². The molecule has 0 aromatic carbocycles. The van der Waals surface area contributed by atoms with Crippen LogP contribution in [-0.4, -0.2) is 34.2 Å². The van der Waals surface area contributed by atoms with Crippen molar-refractivity contribution in [1.82, 2.24) is 0 Å². The predicted molar refractivity (Wildman–Crippen MR) is 75.0 cm³/mol. The van der Waals surface area contributed by atoms with Crippen molar-refractivity contribution in [2.24, 2.45) is 23.3 Å². The first-order chi connectivity index (χ1) is 9.43. The summed E-state index contributed by atoms with van der Waals surface area (Å²) in [5.74, 6) is -2.30. The molecule has 4 atom stereocenters. The molecule has 6 N–H and O–H groups in total. The molecule has 2 aliphatic carbocycles. The molecule has 112 valence electrons. The van der Waals surface area contributed by atoms with Crippen LogP contribution in [-0.2, 0) is 9.59 Å². The van der Waals surface area contributed by atoms with Gasteiger partial charge in [-0.25, -0.2) is 0 Å². The van der Waals surface area contributed by atoms with E-state index in [0.29, 0.717) is 12.8 Å². The summed E-state index contributed by atoms with van der Waals surface area (Å²) in [7, 11) is 0. The molecule has 2 rings (SSSR count). The third kappa shape index (κ3) is 4.79. The highest BCUT2D eigenvalue weighted by Crippen LogP contribution is 2.17. The topological polar surface area (TPSA) is 127 Å². The second-order valence-corrected chi connectivity index (χ2v) is 5.06. The highest BCUT2D eigenvalue weighted by atomic mass is 16.4. The lowest BCUT2D eigenvalue weighted by Gasteiger charge is -2.19. The van der Waals surface area contributed by atoms with E-state index in [1.54, 1.807) is 12.2 Å². The van der Waals surface area contributed by atoms with Gasteiger partial charge in [-0.1, -0.05) is 24.3 Å². The first-order valence-corrected chi connectivity index (χ1v) is 6.73. The van der Waals surface area contributed by atoms with E-state index in [1.807, 2.05) is 12.2 Å². The Bertz CT molecular complexity index is 368. The van der Waals surface area contributed by atoms with Crippen molar-refractivity contribution < 1.29 is 19.8 Å². The summed E-state index contributed by atoms with van der Waals surface area (Å²) in [5, 5.41) is 17.2. The van der Waals surface area contributed by atoms with Gasteiger partial charge in [0.15, 0.2) is 0 Å². The molecule has 0 fully saturated rings. The molecule has 0 saturated carbocycles. The van der Waals surface area contributed by atoms with Gasteiger partial charge in [0, 0.05) is 12.1 Å². The zero-order chi connectivity index (χ0) is 15.1. The van der Waals surface area contributed by atoms with Gasteiger partial charge < -0.3 is 21.7 Å². The Kier molecular flexibility index (Phi) is 6.41. The highest BCUT2D eigenvalue weighted by Gasteiger charge is 2.25. The summed E-state index contributed by atoms with van der Waals surface area (Å²) < 4.78 is 0. The van der Waals surface area contributed by atoms with Crippen LogP contribution in [0.2, 0.25) is 0 Å². The second-order valence-electron chi connectivity index (χ2n) is 5.06. The van der Waals surface area contributed by atoms with Crippen molar-refractivity contribution in [3.8, 4) is 0 Å². The van der Waals surface area contributed by atoms with Crippen LogP contribution in [0.5, 0.6) is 0 Å². The number of allylic oxidation sites excluding steroid dienone is 2. The number of nitrogens with two attached hydrogens (primary N) is 2. The number of hydrogen-bond donors (Lipinski definition) is 4. The summed E-state index contributed by atoms with van der Waals surface area (Å²) in [6.07, 6.45) is 10.4. The maximum Gasteiger partial charge on any atom is 0.308 e. The van der Waals surface area contributed by atoms with Crippen LogP contribution in [0.1, 0.15) is 25.7 Å². The van der Waals surface area contributed by atoms with E-state index in [-0.39, 0.29) is 23.9 Å². The molecule has 20 heavy (non-hydrogen) atoms. The molecule has 0 aromatic rings. The molecular formula is C14H22N2O4. The van der Waals surface area contributed by atoms with E-state index in [1.165, 1.54) is 0 Å². The molecule has 0 heterocycles. The Labute approximate surface area is 118 Å². The highest BCUT2D eigenvalue weighted by molar-refractivity contribution is 5.72. The Morgan fingerprint density at radius 1 is 0.850 bits per heavy atom. The molecule has 0 unspecified atom stereocenters. The van der Waals surface area contributed by atoms with Gasteiger partial charge in [0.25, 0.3) is 0 Å². The average Bonchev–Trinajstić information content (AvgIpc) is 2.40. The zero-order valence-electron chi connectivity index (χ0n) is 11.3. The van der Waals surface area contributed by atoms with Crippen molar-refractivity contribution in [1.29, 1.82) is 0 Å². The van der Waals surface area contributed by atoms with Gasteiger partial charge in [0.2, 0.25) is 0 Å². The lowest BCUT2D eigenvalue weighted by atomic mass is 9.90. The van der Waals surface area contributed by atoms with E-state index in [0.717, 1.165) is 12.8 Å². The Morgan fingerprint density at radius 3 is 1.40 bits per heavy atom. The monoisotopic (exact) mass is 282 g/mol. The van der Waals surface area contributed by atoms with Gasteiger partial charge >= 0.3 is 11.9 Å². The van der Waals surface area contributed by atoms with Gasteiger partial charge in [0.1, 0.15) is 0 Å². The smallest absolute Gasteiger partial charge is 0.308 e. The van der Waals surface area contributed by atoms with Crippen LogP contribution >= 0.6 is 0 Å². The van der Waals surface area contributed by atoms with E-state index < -0.39 is 11.9 Å². The van der Waals surface area contributed by atoms with Gasteiger partial charge in [-0.15, -0.1) is 0 Å². The maximum atomic E-state index is 10.5. The van der Waals surface area contributed by atoms with Crippen molar-refractivity contribution in [3.63, 3.8) is 0 Å². The van der Waals surface area contributed by atoms with Crippen LogP contribution in [0.3, 0.4) is 0 Å². The fourth-order valence-corrected chi connectivity index (χ4v) is 2.29. The number of hydrogen-bond acceptors (Lipinski definition) is 4. The average molecular weight is 282 g/mol. The van der Waals surface area contributed by atoms with Gasteiger partial charge in [-0.3, -0.25) is 9.59 Å². The number of rotatable bonds is 2. The standard InChI is InChI=1S/2C7H11NO2/c2*8-6-4-2-1-3-5(6)7(9)10/h2*2,4-6H,1,3,8H2,(H,9,10)/t2*5-,6+/m10/s1. The lowest BCUT2D eigenvalue weighted by molar-refractivity contribution is -0.143. The van der Waals surface area contributed by atoms with Crippen LogP contribution < -0.4 is 11.5 Å². The normalized spacial score (nSPS) is 32.1. The first-order valence-electron chi connectivity index (χ1n) is 6.73. The van der Waals surface area contributed by atoms with Crippen molar-refractivity contribution in [2.45, 2.75) is 37.8 Å².